The summed E-state index contributed by atoms with van der Waals surface area (Å²) in [6, 6.07) is 26.7. The molecule has 3 amide bonds. The third-order valence-corrected chi connectivity index (χ3v) is 5.25. The van der Waals surface area contributed by atoms with Gasteiger partial charge in [-0.1, -0.05) is 72.8 Å². The predicted octanol–water partition coefficient (Wildman–Crippen LogP) is 4.99. The zero-order valence-corrected chi connectivity index (χ0v) is 20.9. The van der Waals surface area contributed by atoms with Gasteiger partial charge < -0.3 is 20.7 Å². The van der Waals surface area contributed by atoms with Gasteiger partial charge in [-0.2, -0.15) is 0 Å². The molecule has 0 spiro atoms. The van der Waals surface area contributed by atoms with Gasteiger partial charge >= 0.3 is 6.09 Å². The Bertz CT molecular complexity index is 1100. The van der Waals surface area contributed by atoms with Gasteiger partial charge in [0.2, 0.25) is 11.8 Å². The number of ether oxygens (including phenoxy) is 1. The normalized spacial score (nSPS) is 11.0. The van der Waals surface area contributed by atoms with Crippen LogP contribution < -0.4 is 16.0 Å². The van der Waals surface area contributed by atoms with Crippen molar-refractivity contribution >= 4 is 23.6 Å². The molecule has 0 aliphatic rings. The van der Waals surface area contributed by atoms with Crippen molar-refractivity contribution in [3.63, 3.8) is 0 Å². The van der Waals surface area contributed by atoms with Gasteiger partial charge in [0.25, 0.3) is 0 Å². The number of carbonyl (C=O) groups excluding carboxylic acids is 3. The van der Waals surface area contributed by atoms with Crippen LogP contribution in [0, 0.1) is 0 Å². The van der Waals surface area contributed by atoms with Crippen LogP contribution in [0.1, 0.15) is 49.8 Å². The van der Waals surface area contributed by atoms with Crippen LogP contribution in [-0.2, 0) is 20.9 Å². The molecule has 3 aromatic carbocycles. The smallest absolute Gasteiger partial charge is 0.407 e. The van der Waals surface area contributed by atoms with Crippen LogP contribution in [0.5, 0.6) is 0 Å². The summed E-state index contributed by atoms with van der Waals surface area (Å²) >= 11 is 0. The summed E-state index contributed by atoms with van der Waals surface area (Å²) in [4.78, 5) is 37.0. The summed E-state index contributed by atoms with van der Waals surface area (Å²) < 4.78 is 5.14. The van der Waals surface area contributed by atoms with Crippen LogP contribution in [0.15, 0.2) is 84.9 Å². The second kappa shape index (κ2) is 12.5. The lowest BCUT2D eigenvalue weighted by atomic mass is 9.90. The molecule has 0 saturated carbocycles. The molecular weight excluding hydrogens is 454 g/mol. The first-order valence-electron chi connectivity index (χ1n) is 11.9. The van der Waals surface area contributed by atoms with Crippen molar-refractivity contribution < 1.29 is 19.1 Å². The topological polar surface area (TPSA) is 96.5 Å². The molecule has 3 N–H and O–H groups in total. The third-order valence-electron chi connectivity index (χ3n) is 5.25. The maximum atomic E-state index is 13.1. The van der Waals surface area contributed by atoms with E-state index in [1.165, 1.54) is 0 Å². The third kappa shape index (κ3) is 8.58. The molecule has 188 valence electrons. The number of benzene rings is 3. The summed E-state index contributed by atoms with van der Waals surface area (Å²) in [5.74, 6) is -0.705. The van der Waals surface area contributed by atoms with Crippen LogP contribution in [0.25, 0.3) is 0 Å². The molecule has 36 heavy (non-hydrogen) atoms. The fourth-order valence-corrected chi connectivity index (χ4v) is 3.60. The van der Waals surface area contributed by atoms with E-state index in [-0.39, 0.29) is 24.8 Å². The van der Waals surface area contributed by atoms with E-state index >= 15 is 0 Å². The fourth-order valence-electron chi connectivity index (χ4n) is 3.60. The minimum atomic E-state index is -0.586. The van der Waals surface area contributed by atoms with E-state index in [1.807, 2.05) is 72.8 Å². The molecule has 0 unspecified atom stereocenters. The van der Waals surface area contributed by atoms with Crippen LogP contribution in [0.4, 0.5) is 10.5 Å². The van der Waals surface area contributed by atoms with E-state index in [4.69, 9.17) is 4.74 Å². The Labute approximate surface area is 212 Å². The molecule has 0 aliphatic carbocycles. The first kappa shape index (κ1) is 26.5. The molecule has 3 aromatic rings. The number of alkyl carbamates (subject to hydrolysis) is 1. The van der Waals surface area contributed by atoms with Crippen molar-refractivity contribution in [1.29, 1.82) is 0 Å². The molecule has 0 radical (unpaired) electrons. The number of nitrogens with one attached hydrogen (secondary N) is 3. The predicted molar refractivity (Wildman–Crippen MR) is 140 cm³/mol. The first-order chi connectivity index (χ1) is 17.2. The summed E-state index contributed by atoms with van der Waals surface area (Å²) in [6.45, 7) is 5.87. The van der Waals surface area contributed by atoms with Crippen molar-refractivity contribution in [2.75, 3.05) is 11.9 Å². The zero-order chi connectivity index (χ0) is 26.0. The second-order valence-corrected chi connectivity index (χ2v) is 9.40. The summed E-state index contributed by atoms with van der Waals surface area (Å²) in [5.41, 5.74) is 2.82. The summed E-state index contributed by atoms with van der Waals surface area (Å²) in [7, 11) is 0. The van der Waals surface area contributed by atoms with Crippen LogP contribution in [0.2, 0.25) is 0 Å². The number of anilines is 1. The number of hydrogen-bond acceptors (Lipinski definition) is 4. The van der Waals surface area contributed by atoms with E-state index in [2.05, 4.69) is 16.0 Å². The molecule has 0 aliphatic heterocycles. The van der Waals surface area contributed by atoms with Gasteiger partial charge in [-0.25, -0.2) is 4.79 Å². The largest absolute Gasteiger partial charge is 0.444 e. The lowest BCUT2D eigenvalue weighted by Gasteiger charge is -2.19. The highest BCUT2D eigenvalue weighted by atomic mass is 16.6. The van der Waals surface area contributed by atoms with E-state index in [1.54, 1.807) is 32.9 Å². The van der Waals surface area contributed by atoms with Gasteiger partial charge in [0.05, 0.1) is 5.92 Å². The van der Waals surface area contributed by atoms with E-state index < -0.39 is 17.6 Å². The van der Waals surface area contributed by atoms with E-state index in [0.29, 0.717) is 12.2 Å². The highest BCUT2D eigenvalue weighted by molar-refractivity contribution is 5.91. The molecule has 0 aromatic heterocycles. The lowest BCUT2D eigenvalue weighted by molar-refractivity contribution is -0.122. The van der Waals surface area contributed by atoms with E-state index in [9.17, 15) is 14.4 Å². The van der Waals surface area contributed by atoms with Gasteiger partial charge in [-0.05, 0) is 49.6 Å². The molecular formula is C29H33N3O4. The Morgan fingerprint density at radius 3 is 1.86 bits per heavy atom. The molecule has 0 heterocycles. The number of carbonyl (C=O) groups is 3. The number of amides is 3. The van der Waals surface area contributed by atoms with E-state index in [0.717, 1.165) is 16.7 Å². The van der Waals surface area contributed by atoms with Gasteiger partial charge in [-0.3, -0.25) is 9.59 Å². The van der Waals surface area contributed by atoms with Gasteiger partial charge in [0, 0.05) is 25.2 Å². The summed E-state index contributed by atoms with van der Waals surface area (Å²) in [6.07, 6.45) is -0.430. The average molecular weight is 488 g/mol. The minimum absolute atomic E-state index is 0.0812. The Morgan fingerprint density at radius 1 is 0.778 bits per heavy atom. The fraction of sp³-hybridized carbons (Fsp3) is 0.276. The first-order valence-corrected chi connectivity index (χ1v) is 11.9. The monoisotopic (exact) mass is 487 g/mol. The maximum Gasteiger partial charge on any atom is 0.407 e. The van der Waals surface area contributed by atoms with Crippen molar-refractivity contribution in [3.8, 4) is 0 Å². The molecule has 0 bridgehead atoms. The van der Waals surface area contributed by atoms with Crippen molar-refractivity contribution in [2.45, 2.75) is 45.3 Å². The van der Waals surface area contributed by atoms with Gasteiger partial charge in [0.1, 0.15) is 5.60 Å². The Balaban J connectivity index is 1.50. The Kier molecular flexibility index (Phi) is 9.22. The standard InChI is InChI=1S/C29H33N3O4/c1-29(2,3)36-28(35)30-19-18-25(33)32-24-16-14-21(15-17-24)20-31-27(34)26(22-10-6-4-7-11-22)23-12-8-5-9-13-23/h4-17,26H,18-20H2,1-3H3,(H,30,35)(H,31,34)(H,32,33). The van der Waals surface area contributed by atoms with Crippen LogP contribution in [-0.4, -0.2) is 30.1 Å². The number of rotatable bonds is 9. The van der Waals surface area contributed by atoms with Gasteiger partial charge in [-0.15, -0.1) is 0 Å². The van der Waals surface area contributed by atoms with Crippen LogP contribution >= 0.6 is 0 Å². The number of hydrogen-bond donors (Lipinski definition) is 3. The molecule has 7 nitrogen and oxygen atoms in total. The average Bonchev–Trinajstić information content (AvgIpc) is 2.84. The highest BCUT2D eigenvalue weighted by Crippen LogP contribution is 2.25. The molecule has 0 fully saturated rings. The molecule has 0 saturated heterocycles. The zero-order valence-electron chi connectivity index (χ0n) is 20.9. The van der Waals surface area contributed by atoms with Gasteiger partial charge in [0.15, 0.2) is 0 Å². The minimum Gasteiger partial charge on any atom is -0.444 e. The second-order valence-electron chi connectivity index (χ2n) is 9.40. The lowest BCUT2D eigenvalue weighted by Crippen LogP contribution is -2.34. The molecule has 7 heteroatoms. The Hall–Kier alpha value is -4.13. The van der Waals surface area contributed by atoms with Crippen molar-refractivity contribution in [1.82, 2.24) is 10.6 Å². The quantitative estimate of drug-likeness (QED) is 0.396. The Morgan fingerprint density at radius 2 is 1.33 bits per heavy atom. The van der Waals surface area contributed by atoms with Crippen molar-refractivity contribution in [2.24, 2.45) is 0 Å². The highest BCUT2D eigenvalue weighted by Gasteiger charge is 2.22. The van der Waals surface area contributed by atoms with Crippen molar-refractivity contribution in [3.05, 3.63) is 102 Å². The maximum absolute atomic E-state index is 13.1. The SMILES string of the molecule is CC(C)(C)OC(=O)NCCC(=O)Nc1ccc(CNC(=O)C(c2ccccc2)c2ccccc2)cc1. The molecule has 3 rings (SSSR count). The summed E-state index contributed by atoms with van der Waals surface area (Å²) in [5, 5.41) is 8.39. The molecule has 0 atom stereocenters. The van der Waals surface area contributed by atoms with Crippen LogP contribution in [0.3, 0.4) is 0 Å².